The van der Waals surface area contributed by atoms with Crippen molar-refractivity contribution in [1.29, 1.82) is 0 Å². The van der Waals surface area contributed by atoms with Crippen molar-refractivity contribution in [3.8, 4) is 0 Å². The Bertz CT molecular complexity index is 1790. The summed E-state index contributed by atoms with van der Waals surface area (Å²) in [7, 11) is 0. The number of hydrogen-bond donors (Lipinski definition) is 0. The van der Waals surface area contributed by atoms with Crippen LogP contribution in [0.4, 0.5) is 158 Å². The van der Waals surface area contributed by atoms with E-state index < -0.39 is 189 Å². The van der Waals surface area contributed by atoms with Gasteiger partial charge in [-0.1, -0.05) is 66.8 Å². The van der Waals surface area contributed by atoms with E-state index in [1.165, 1.54) is 0 Å². The number of alkyl halides is 36. The van der Waals surface area contributed by atoms with Gasteiger partial charge >= 0.3 is 164 Å². The largest absolute Gasteiger partial charge is 1.00 e. The summed E-state index contributed by atoms with van der Waals surface area (Å²) >= 11 is 0. The Morgan fingerprint density at radius 1 is 0.158 bits per heavy atom. The molecule has 0 aliphatic heterocycles. The smallest absolute Gasteiger partial charge is 0.168 e. The second-order valence-corrected chi connectivity index (χ2v) is 12.8. The van der Waals surface area contributed by atoms with Crippen LogP contribution in [-0.2, 0) is 164 Å². The topological polar surface area (TPSA) is 0 Å². The maximum atomic E-state index is 12.2. The fourth-order valence-electron chi connectivity index (χ4n) is 4.16. The molecular formula is C36H8Ag4F36. The summed E-state index contributed by atoms with van der Waals surface area (Å²) in [4.78, 5) is 0. The van der Waals surface area contributed by atoms with Crippen LogP contribution in [0.1, 0.15) is 66.8 Å². The van der Waals surface area contributed by atoms with E-state index in [1.54, 1.807) is 0 Å². The van der Waals surface area contributed by atoms with E-state index in [2.05, 4.69) is 0 Å². The van der Waals surface area contributed by atoms with Crippen LogP contribution in [0.15, 0.2) is 48.5 Å². The first-order chi connectivity index (χ1) is 31.3. The molecular weight excluding hydrogens is 1550 g/mol. The molecule has 4 rings (SSSR count). The van der Waals surface area contributed by atoms with Gasteiger partial charge in [0.25, 0.3) is 0 Å². The minimum absolute atomic E-state index is 0. The molecule has 0 nitrogen and oxygen atoms in total. The Kier molecular flexibility index (Phi) is 28.1. The van der Waals surface area contributed by atoms with Crippen molar-refractivity contribution in [3.05, 3.63) is 140 Å². The maximum absolute atomic E-state index is 12.2. The standard InChI is InChI=1S/4C9H2F9.4Ag/c4*10-7(11,12)4-1-5(8(13,14)15)3-6(2-4)9(16,17)18;;;;/h4*1-2H;;;;/q4*-1;4*+1. The Labute approximate surface area is 458 Å². The molecule has 0 unspecified atom stereocenters. The summed E-state index contributed by atoms with van der Waals surface area (Å²) < 4.78 is 438. The molecule has 0 atom stereocenters. The van der Waals surface area contributed by atoms with Crippen LogP contribution in [0.2, 0.25) is 0 Å². The van der Waals surface area contributed by atoms with Crippen LogP contribution in [0.25, 0.3) is 0 Å². The van der Waals surface area contributed by atoms with Crippen LogP contribution >= 0.6 is 0 Å². The van der Waals surface area contributed by atoms with Crippen molar-refractivity contribution in [2.24, 2.45) is 0 Å². The van der Waals surface area contributed by atoms with Crippen molar-refractivity contribution in [2.45, 2.75) is 74.1 Å². The first-order valence-corrected chi connectivity index (χ1v) is 16.4. The predicted molar refractivity (Wildman–Crippen MR) is 161 cm³/mol. The maximum Gasteiger partial charge on any atom is 1.00 e. The van der Waals surface area contributed by atoms with Gasteiger partial charge in [0.15, 0.2) is 0 Å². The van der Waals surface area contributed by atoms with Crippen LogP contribution in [-0.4, -0.2) is 0 Å². The third kappa shape index (κ3) is 25.6. The third-order valence-corrected chi connectivity index (χ3v) is 7.23. The summed E-state index contributed by atoms with van der Waals surface area (Å²) in [5.74, 6) is 0. The van der Waals surface area contributed by atoms with E-state index in [1.807, 2.05) is 0 Å². The molecule has 0 fully saturated rings. The first-order valence-electron chi connectivity index (χ1n) is 16.4. The van der Waals surface area contributed by atoms with Crippen molar-refractivity contribution in [1.82, 2.24) is 0 Å². The molecule has 4 aromatic rings. The van der Waals surface area contributed by atoms with E-state index in [0.29, 0.717) is 0 Å². The number of rotatable bonds is 0. The monoisotopic (exact) mass is 1550 g/mol. The summed E-state index contributed by atoms with van der Waals surface area (Å²) in [6, 6.07) is 0.176. The number of halogens is 36. The molecule has 0 heterocycles. The second-order valence-electron chi connectivity index (χ2n) is 12.8. The van der Waals surface area contributed by atoms with Crippen LogP contribution in [0.5, 0.6) is 0 Å². The minimum atomic E-state index is -5.35. The predicted octanol–water partition coefficient (Wildman–Crippen LogP) is 18.2. The number of benzene rings is 4. The summed E-state index contributed by atoms with van der Waals surface area (Å²) in [5.41, 5.74) is -25.1. The van der Waals surface area contributed by atoms with E-state index >= 15 is 0 Å². The van der Waals surface area contributed by atoms with Gasteiger partial charge in [-0.05, 0) is 0 Å². The van der Waals surface area contributed by atoms with Crippen LogP contribution < -0.4 is 0 Å². The van der Waals surface area contributed by atoms with Crippen molar-refractivity contribution in [2.75, 3.05) is 0 Å². The molecule has 4 aromatic carbocycles. The van der Waals surface area contributed by atoms with E-state index in [9.17, 15) is 158 Å². The molecule has 0 saturated heterocycles. The van der Waals surface area contributed by atoms with Gasteiger partial charge in [-0.2, -0.15) is 182 Å². The van der Waals surface area contributed by atoms with E-state index in [-0.39, 0.29) is 89.5 Å². The van der Waals surface area contributed by atoms with Gasteiger partial charge in [0.1, 0.15) is 0 Å². The minimum Gasteiger partial charge on any atom is -0.168 e. The summed E-state index contributed by atoms with van der Waals surface area (Å²) in [5, 5.41) is 0. The fourth-order valence-corrected chi connectivity index (χ4v) is 4.16. The van der Waals surface area contributed by atoms with Crippen LogP contribution in [0.3, 0.4) is 0 Å². The Morgan fingerprint density at radius 2 is 0.237 bits per heavy atom. The Morgan fingerprint density at radius 3 is 0.289 bits per heavy atom. The van der Waals surface area contributed by atoms with Gasteiger partial charge in [0, 0.05) is 0 Å². The van der Waals surface area contributed by atoms with Crippen molar-refractivity contribution in [3.63, 3.8) is 0 Å². The molecule has 0 aliphatic carbocycles. The van der Waals surface area contributed by atoms with E-state index in [0.717, 1.165) is 24.3 Å². The molecule has 0 N–H and O–H groups in total. The third-order valence-electron chi connectivity index (χ3n) is 7.23. The van der Waals surface area contributed by atoms with Gasteiger partial charge in [-0.25, -0.2) is 0 Å². The molecule has 0 aliphatic rings. The molecule has 0 amide bonds. The Hall–Kier alpha value is -2.68. The summed E-state index contributed by atoms with van der Waals surface area (Å²) in [6.45, 7) is 0. The zero-order valence-corrected chi connectivity index (χ0v) is 39.4. The van der Waals surface area contributed by atoms with Crippen LogP contribution in [0, 0.1) is 24.3 Å². The Balaban J connectivity index is -0.000000447. The quantitative estimate of drug-likeness (QED) is 0.0935. The second kappa shape index (κ2) is 26.7. The zero-order valence-electron chi connectivity index (χ0n) is 33.4. The van der Waals surface area contributed by atoms with Crippen molar-refractivity contribution >= 4 is 0 Å². The number of hydrogen-bond acceptors (Lipinski definition) is 0. The van der Waals surface area contributed by atoms with Gasteiger partial charge in [0.2, 0.25) is 0 Å². The van der Waals surface area contributed by atoms with Gasteiger partial charge in [0.05, 0.1) is 0 Å². The summed E-state index contributed by atoms with van der Waals surface area (Å²) in [6.07, 6.45) is -64.0. The van der Waals surface area contributed by atoms with Gasteiger partial charge in [-0.15, -0.1) is 48.5 Å². The fraction of sp³-hybridized carbons (Fsp3) is 0.333. The first kappa shape index (κ1) is 79.8. The van der Waals surface area contributed by atoms with Gasteiger partial charge in [-0.3, -0.25) is 0 Å². The molecule has 0 radical (unpaired) electrons. The molecule has 448 valence electrons. The average molecular weight is 1560 g/mol. The van der Waals surface area contributed by atoms with Crippen molar-refractivity contribution < 1.29 is 248 Å². The molecule has 0 saturated carbocycles. The molecule has 76 heavy (non-hydrogen) atoms. The zero-order chi connectivity index (χ0) is 57.4. The molecule has 0 aromatic heterocycles. The SMILES string of the molecule is FC(F)(F)c1[c-]c(C(F)(F)F)cc(C(F)(F)F)c1.FC(F)(F)c1[c-]c(C(F)(F)F)cc(C(F)(F)F)c1.FC(F)(F)c1[c-]c(C(F)(F)F)cc(C(F)(F)F)c1.FC(F)(F)c1[c-]c(C(F)(F)F)cc(C(F)(F)F)c1.[Ag+].[Ag+].[Ag+].[Ag+]. The van der Waals surface area contributed by atoms with E-state index in [4.69, 9.17) is 0 Å². The average Bonchev–Trinajstić information content (AvgIpc) is 3.14. The normalized spacial score (nSPS) is 13.1. The molecule has 40 heteroatoms. The van der Waals surface area contributed by atoms with Gasteiger partial charge < -0.3 is 0 Å². The molecule has 0 bridgehead atoms. The molecule has 0 spiro atoms.